The van der Waals surface area contributed by atoms with E-state index in [0.29, 0.717) is 17.5 Å². The summed E-state index contributed by atoms with van der Waals surface area (Å²) in [6.45, 7) is 6.89. The molecule has 0 amide bonds. The second-order valence-electron chi connectivity index (χ2n) is 4.80. The van der Waals surface area contributed by atoms with Gasteiger partial charge in [-0.1, -0.05) is 13.8 Å². The van der Waals surface area contributed by atoms with Crippen molar-refractivity contribution in [3.8, 4) is 11.5 Å². The smallest absolute Gasteiger partial charge is 0.175 e. The van der Waals surface area contributed by atoms with Crippen LogP contribution in [0.5, 0.6) is 11.5 Å². The lowest BCUT2D eigenvalue weighted by Crippen LogP contribution is -2.21. The third-order valence-corrected chi connectivity index (χ3v) is 3.06. The molecule has 108 valence electrons. The summed E-state index contributed by atoms with van der Waals surface area (Å²) >= 11 is 3.48. The first kappa shape index (κ1) is 16.3. The predicted molar refractivity (Wildman–Crippen MR) is 79.8 cm³/mol. The van der Waals surface area contributed by atoms with Crippen molar-refractivity contribution in [2.45, 2.75) is 39.5 Å². The molecule has 0 spiro atoms. The van der Waals surface area contributed by atoms with Gasteiger partial charge in [0.25, 0.3) is 0 Å². The van der Waals surface area contributed by atoms with Crippen molar-refractivity contribution in [3.63, 3.8) is 0 Å². The van der Waals surface area contributed by atoms with Crippen LogP contribution < -0.4 is 14.8 Å². The number of rotatable bonds is 7. The van der Waals surface area contributed by atoms with E-state index in [4.69, 9.17) is 9.47 Å². The zero-order valence-corrected chi connectivity index (χ0v) is 13.5. The summed E-state index contributed by atoms with van der Waals surface area (Å²) < 4.78 is 11.7. The van der Waals surface area contributed by atoms with Gasteiger partial charge in [-0.3, -0.25) is 0 Å². The van der Waals surface area contributed by atoms with Gasteiger partial charge in [0.15, 0.2) is 11.5 Å². The van der Waals surface area contributed by atoms with Crippen LogP contribution >= 0.6 is 15.9 Å². The van der Waals surface area contributed by atoms with Crippen molar-refractivity contribution in [1.82, 2.24) is 5.32 Å². The highest BCUT2D eigenvalue weighted by atomic mass is 79.9. The number of hydrogen-bond donors (Lipinski definition) is 2. The molecule has 0 aliphatic heterocycles. The fourth-order valence-corrected chi connectivity index (χ4v) is 2.15. The number of hydrogen-bond acceptors (Lipinski definition) is 4. The van der Waals surface area contributed by atoms with Crippen LogP contribution in [0, 0.1) is 0 Å². The largest absolute Gasteiger partial charge is 0.493 e. The van der Waals surface area contributed by atoms with E-state index < -0.39 is 6.10 Å². The molecule has 0 bridgehead atoms. The molecule has 1 rings (SSSR count). The van der Waals surface area contributed by atoms with Gasteiger partial charge in [-0.25, -0.2) is 0 Å². The SMILES string of the molecule is COc1cc(CNC(C)C)cc(Br)c1OCC(C)O. The Morgan fingerprint density at radius 2 is 2.00 bits per heavy atom. The first-order valence-corrected chi connectivity index (χ1v) is 7.14. The van der Waals surface area contributed by atoms with E-state index in [-0.39, 0.29) is 6.61 Å². The fraction of sp³-hybridized carbons (Fsp3) is 0.571. The molecule has 5 heteroatoms. The molecule has 0 aliphatic carbocycles. The van der Waals surface area contributed by atoms with Gasteiger partial charge < -0.3 is 19.9 Å². The molecule has 0 aromatic heterocycles. The first-order valence-electron chi connectivity index (χ1n) is 6.34. The number of benzene rings is 1. The zero-order valence-electron chi connectivity index (χ0n) is 11.9. The Morgan fingerprint density at radius 1 is 1.32 bits per heavy atom. The molecule has 19 heavy (non-hydrogen) atoms. The fourth-order valence-electron chi connectivity index (χ4n) is 1.54. The molecular formula is C14H22BrNO3. The Labute approximate surface area is 123 Å². The van der Waals surface area contributed by atoms with Gasteiger partial charge in [-0.05, 0) is 40.5 Å². The minimum Gasteiger partial charge on any atom is -0.493 e. The molecule has 2 N–H and O–H groups in total. The first-order chi connectivity index (χ1) is 8.93. The predicted octanol–water partition coefficient (Wildman–Crippen LogP) is 2.72. The van der Waals surface area contributed by atoms with Crippen LogP contribution in [-0.4, -0.2) is 31.0 Å². The molecular weight excluding hydrogens is 310 g/mol. The van der Waals surface area contributed by atoms with E-state index in [0.717, 1.165) is 16.6 Å². The minimum absolute atomic E-state index is 0.235. The summed E-state index contributed by atoms with van der Waals surface area (Å²) in [4.78, 5) is 0. The highest BCUT2D eigenvalue weighted by Gasteiger charge is 2.12. The summed E-state index contributed by atoms with van der Waals surface area (Å²) in [7, 11) is 1.61. The Balaban J connectivity index is 2.87. The van der Waals surface area contributed by atoms with Crippen molar-refractivity contribution in [2.75, 3.05) is 13.7 Å². The van der Waals surface area contributed by atoms with Gasteiger partial charge in [0, 0.05) is 12.6 Å². The van der Waals surface area contributed by atoms with Crippen molar-refractivity contribution in [2.24, 2.45) is 0 Å². The minimum atomic E-state index is -0.515. The topological polar surface area (TPSA) is 50.7 Å². The van der Waals surface area contributed by atoms with Crippen molar-refractivity contribution in [3.05, 3.63) is 22.2 Å². The Bertz CT molecular complexity index is 408. The summed E-state index contributed by atoms with van der Waals surface area (Å²) in [6, 6.07) is 4.36. The number of aliphatic hydroxyl groups is 1. The summed E-state index contributed by atoms with van der Waals surface area (Å²) in [5, 5.41) is 12.6. The van der Waals surface area contributed by atoms with Crippen LogP contribution in [0.1, 0.15) is 26.3 Å². The molecule has 0 aliphatic rings. The molecule has 0 saturated carbocycles. The lowest BCUT2D eigenvalue weighted by atomic mass is 10.2. The van der Waals surface area contributed by atoms with Crippen molar-refractivity contribution < 1.29 is 14.6 Å². The maximum Gasteiger partial charge on any atom is 0.175 e. The van der Waals surface area contributed by atoms with E-state index in [1.54, 1.807) is 14.0 Å². The zero-order chi connectivity index (χ0) is 14.4. The summed E-state index contributed by atoms with van der Waals surface area (Å²) in [5.41, 5.74) is 1.11. The molecule has 1 aromatic rings. The molecule has 1 aromatic carbocycles. The van der Waals surface area contributed by atoms with Crippen LogP contribution in [0.3, 0.4) is 0 Å². The third kappa shape index (κ3) is 5.38. The molecule has 4 nitrogen and oxygen atoms in total. The standard InChI is InChI=1S/C14H22BrNO3/c1-9(2)16-7-11-5-12(15)14(13(6-11)18-4)19-8-10(3)17/h5-6,9-10,16-17H,7-8H2,1-4H3. The summed E-state index contributed by atoms with van der Waals surface area (Å²) in [6.07, 6.45) is -0.515. The quantitative estimate of drug-likeness (QED) is 0.806. The van der Waals surface area contributed by atoms with Crippen LogP contribution in [0.25, 0.3) is 0 Å². The molecule has 0 heterocycles. The Hall–Kier alpha value is -0.780. The molecule has 0 saturated heterocycles. The molecule has 0 radical (unpaired) electrons. The Morgan fingerprint density at radius 3 is 2.53 bits per heavy atom. The number of methoxy groups -OCH3 is 1. The van der Waals surface area contributed by atoms with Gasteiger partial charge in [-0.2, -0.15) is 0 Å². The lowest BCUT2D eigenvalue weighted by molar-refractivity contribution is 0.120. The second kappa shape index (κ2) is 7.72. The monoisotopic (exact) mass is 331 g/mol. The number of ether oxygens (including phenoxy) is 2. The van der Waals surface area contributed by atoms with Gasteiger partial charge >= 0.3 is 0 Å². The average Bonchev–Trinajstić information content (AvgIpc) is 2.34. The van der Waals surface area contributed by atoms with Crippen LogP contribution in [0.2, 0.25) is 0 Å². The molecule has 1 unspecified atom stereocenters. The van der Waals surface area contributed by atoms with Crippen LogP contribution in [-0.2, 0) is 6.54 Å². The van der Waals surface area contributed by atoms with Gasteiger partial charge in [0.05, 0.1) is 17.7 Å². The average molecular weight is 332 g/mol. The van der Waals surface area contributed by atoms with E-state index in [9.17, 15) is 5.11 Å². The maximum absolute atomic E-state index is 9.28. The third-order valence-electron chi connectivity index (χ3n) is 2.47. The maximum atomic E-state index is 9.28. The van der Waals surface area contributed by atoms with Crippen molar-refractivity contribution >= 4 is 15.9 Å². The van der Waals surface area contributed by atoms with E-state index in [2.05, 4.69) is 35.1 Å². The number of aliphatic hydroxyl groups excluding tert-OH is 1. The normalized spacial score (nSPS) is 12.6. The second-order valence-corrected chi connectivity index (χ2v) is 5.66. The van der Waals surface area contributed by atoms with Gasteiger partial charge in [0.2, 0.25) is 0 Å². The Kier molecular flexibility index (Phi) is 6.62. The molecule has 1 atom stereocenters. The van der Waals surface area contributed by atoms with Gasteiger partial charge in [-0.15, -0.1) is 0 Å². The van der Waals surface area contributed by atoms with Crippen LogP contribution in [0.4, 0.5) is 0 Å². The van der Waals surface area contributed by atoms with Crippen LogP contribution in [0.15, 0.2) is 16.6 Å². The van der Waals surface area contributed by atoms with Gasteiger partial charge in [0.1, 0.15) is 6.61 Å². The molecule has 0 fully saturated rings. The van der Waals surface area contributed by atoms with E-state index >= 15 is 0 Å². The lowest BCUT2D eigenvalue weighted by Gasteiger charge is -2.16. The van der Waals surface area contributed by atoms with E-state index in [1.807, 2.05) is 12.1 Å². The number of nitrogens with one attached hydrogen (secondary N) is 1. The highest BCUT2D eigenvalue weighted by molar-refractivity contribution is 9.10. The highest BCUT2D eigenvalue weighted by Crippen LogP contribution is 2.36. The van der Waals surface area contributed by atoms with Crippen molar-refractivity contribution in [1.29, 1.82) is 0 Å². The summed E-state index contributed by atoms with van der Waals surface area (Å²) in [5.74, 6) is 1.28. The number of halogens is 1. The van der Waals surface area contributed by atoms with E-state index in [1.165, 1.54) is 0 Å².